The molecular formula is C15H21N3O2. The maximum absolute atomic E-state index is 5.80. The summed E-state index contributed by atoms with van der Waals surface area (Å²) in [6.07, 6.45) is 1.51. The predicted octanol–water partition coefficient (Wildman–Crippen LogP) is 2.30. The van der Waals surface area contributed by atoms with Gasteiger partial charge in [0.2, 0.25) is 5.89 Å². The molecule has 5 nitrogen and oxygen atoms in total. The van der Waals surface area contributed by atoms with Gasteiger partial charge in [0.25, 0.3) is 0 Å². The summed E-state index contributed by atoms with van der Waals surface area (Å²) in [7, 11) is 1.65. The summed E-state index contributed by atoms with van der Waals surface area (Å²) < 4.78 is 10.5. The third kappa shape index (κ3) is 2.99. The Bertz CT molecular complexity index is 545. The quantitative estimate of drug-likeness (QED) is 0.875. The van der Waals surface area contributed by atoms with Crippen molar-refractivity contribution in [3.63, 3.8) is 0 Å². The molecule has 1 heterocycles. The van der Waals surface area contributed by atoms with Crippen molar-refractivity contribution < 1.29 is 9.26 Å². The Balaban J connectivity index is 2.12. The molecule has 0 bridgehead atoms. The Hall–Kier alpha value is -1.88. The molecule has 5 heteroatoms. The molecule has 1 atom stereocenters. The Morgan fingerprint density at radius 3 is 2.55 bits per heavy atom. The van der Waals surface area contributed by atoms with Gasteiger partial charge < -0.3 is 15.0 Å². The van der Waals surface area contributed by atoms with Crippen LogP contribution in [0.15, 0.2) is 28.8 Å². The minimum Gasteiger partial charge on any atom is -0.497 e. The van der Waals surface area contributed by atoms with Crippen LogP contribution in [0.5, 0.6) is 5.75 Å². The molecule has 0 saturated carbocycles. The number of hydrogen-bond acceptors (Lipinski definition) is 5. The largest absolute Gasteiger partial charge is 0.497 e. The lowest BCUT2D eigenvalue weighted by atomic mass is 9.88. The maximum atomic E-state index is 5.80. The van der Waals surface area contributed by atoms with Crippen molar-refractivity contribution >= 4 is 0 Å². The molecule has 1 unspecified atom stereocenters. The van der Waals surface area contributed by atoms with Crippen molar-refractivity contribution in [3.8, 4) is 5.75 Å². The van der Waals surface area contributed by atoms with E-state index in [0.717, 1.165) is 17.7 Å². The molecule has 0 radical (unpaired) electrons. The molecule has 0 amide bonds. The highest BCUT2D eigenvalue weighted by molar-refractivity contribution is 5.28. The van der Waals surface area contributed by atoms with E-state index >= 15 is 0 Å². The third-order valence-electron chi connectivity index (χ3n) is 3.74. The number of benzene rings is 1. The van der Waals surface area contributed by atoms with Crippen LogP contribution in [-0.2, 0) is 11.8 Å². The Morgan fingerprint density at radius 1 is 1.30 bits per heavy atom. The average Bonchev–Trinajstić information content (AvgIpc) is 2.96. The van der Waals surface area contributed by atoms with Crippen LogP contribution in [0.25, 0.3) is 0 Å². The topological polar surface area (TPSA) is 74.2 Å². The summed E-state index contributed by atoms with van der Waals surface area (Å²) in [5.74, 6) is 2.13. The van der Waals surface area contributed by atoms with Crippen LogP contribution in [0, 0.1) is 0 Å². The zero-order chi connectivity index (χ0) is 14.6. The number of rotatable bonds is 6. The van der Waals surface area contributed by atoms with Gasteiger partial charge in [0, 0.05) is 13.0 Å². The first-order valence-corrected chi connectivity index (χ1v) is 6.77. The number of nitrogens with two attached hydrogens (primary N) is 1. The van der Waals surface area contributed by atoms with Crippen molar-refractivity contribution in [3.05, 3.63) is 41.5 Å². The van der Waals surface area contributed by atoms with Crippen molar-refractivity contribution in [2.24, 2.45) is 5.73 Å². The van der Waals surface area contributed by atoms with Crippen molar-refractivity contribution in [2.45, 2.75) is 32.1 Å². The minimum atomic E-state index is -0.245. The molecule has 20 heavy (non-hydrogen) atoms. The van der Waals surface area contributed by atoms with Crippen LogP contribution >= 0.6 is 0 Å². The number of nitrogens with zero attached hydrogens (tertiary/aromatic N) is 2. The molecule has 1 aromatic carbocycles. The van der Waals surface area contributed by atoms with Gasteiger partial charge in [0.1, 0.15) is 5.75 Å². The number of ether oxygens (including phenoxy) is 1. The van der Waals surface area contributed by atoms with E-state index in [-0.39, 0.29) is 5.41 Å². The molecule has 0 fully saturated rings. The average molecular weight is 275 g/mol. The van der Waals surface area contributed by atoms with Gasteiger partial charge in [-0.3, -0.25) is 0 Å². The van der Waals surface area contributed by atoms with E-state index in [0.29, 0.717) is 24.7 Å². The predicted molar refractivity (Wildman–Crippen MR) is 76.8 cm³/mol. The molecule has 2 rings (SSSR count). The van der Waals surface area contributed by atoms with E-state index < -0.39 is 0 Å². The van der Waals surface area contributed by atoms with E-state index in [4.69, 9.17) is 15.0 Å². The summed E-state index contributed by atoms with van der Waals surface area (Å²) in [5.41, 5.74) is 6.67. The fourth-order valence-electron chi connectivity index (χ4n) is 1.88. The summed E-state index contributed by atoms with van der Waals surface area (Å²) in [6, 6.07) is 7.84. The monoisotopic (exact) mass is 275 g/mol. The number of aromatic nitrogens is 2. The van der Waals surface area contributed by atoms with Crippen LogP contribution in [-0.4, -0.2) is 23.8 Å². The molecule has 108 valence electrons. The first-order valence-electron chi connectivity index (χ1n) is 6.77. The standard InChI is InChI=1S/C15H21N3O2/c1-4-15(2,10-16)14-17-13(18-20-14)9-11-5-7-12(19-3)8-6-11/h5-8H,4,9-10,16H2,1-3H3. The number of methoxy groups -OCH3 is 1. The lowest BCUT2D eigenvalue weighted by Gasteiger charge is -2.20. The second-order valence-electron chi connectivity index (χ2n) is 5.16. The lowest BCUT2D eigenvalue weighted by Crippen LogP contribution is -2.31. The van der Waals surface area contributed by atoms with Crippen molar-refractivity contribution in [1.82, 2.24) is 10.1 Å². The second-order valence-corrected chi connectivity index (χ2v) is 5.16. The fourth-order valence-corrected chi connectivity index (χ4v) is 1.88. The lowest BCUT2D eigenvalue weighted by molar-refractivity contribution is 0.289. The Kier molecular flexibility index (Phi) is 4.39. The summed E-state index contributed by atoms with van der Waals surface area (Å²) in [4.78, 5) is 4.47. The van der Waals surface area contributed by atoms with Gasteiger partial charge in [0.15, 0.2) is 5.82 Å². The highest BCUT2D eigenvalue weighted by Crippen LogP contribution is 2.25. The molecule has 0 saturated heterocycles. The van der Waals surface area contributed by atoms with Crippen LogP contribution in [0.4, 0.5) is 0 Å². The summed E-state index contributed by atoms with van der Waals surface area (Å²) in [5, 5.41) is 4.04. The van der Waals surface area contributed by atoms with Crippen LogP contribution < -0.4 is 10.5 Å². The molecular weight excluding hydrogens is 254 g/mol. The van der Waals surface area contributed by atoms with E-state index in [9.17, 15) is 0 Å². The Labute approximate surface area is 119 Å². The van der Waals surface area contributed by atoms with Gasteiger partial charge in [-0.15, -0.1) is 0 Å². The fraction of sp³-hybridized carbons (Fsp3) is 0.467. The molecule has 0 aliphatic rings. The molecule has 2 N–H and O–H groups in total. The molecule has 2 aromatic rings. The van der Waals surface area contributed by atoms with Crippen LogP contribution in [0.2, 0.25) is 0 Å². The molecule has 0 aliphatic carbocycles. The zero-order valence-corrected chi connectivity index (χ0v) is 12.2. The van der Waals surface area contributed by atoms with Crippen LogP contribution in [0.1, 0.15) is 37.5 Å². The summed E-state index contributed by atoms with van der Waals surface area (Å²) in [6.45, 7) is 4.60. The first-order chi connectivity index (χ1) is 9.61. The van der Waals surface area contributed by atoms with E-state index in [1.807, 2.05) is 31.2 Å². The maximum Gasteiger partial charge on any atom is 0.233 e. The molecule has 0 aliphatic heterocycles. The molecule has 0 spiro atoms. The highest BCUT2D eigenvalue weighted by atomic mass is 16.5. The van der Waals surface area contributed by atoms with Gasteiger partial charge in [-0.1, -0.05) is 24.2 Å². The minimum absolute atomic E-state index is 0.245. The zero-order valence-electron chi connectivity index (χ0n) is 12.2. The van der Waals surface area contributed by atoms with Gasteiger partial charge in [-0.05, 0) is 31.0 Å². The van der Waals surface area contributed by atoms with Gasteiger partial charge in [-0.25, -0.2) is 0 Å². The first kappa shape index (κ1) is 14.5. The normalized spacial score (nSPS) is 14.0. The van der Waals surface area contributed by atoms with Crippen LogP contribution in [0.3, 0.4) is 0 Å². The van der Waals surface area contributed by atoms with E-state index in [1.54, 1.807) is 7.11 Å². The highest BCUT2D eigenvalue weighted by Gasteiger charge is 2.29. The Morgan fingerprint density at radius 2 is 2.00 bits per heavy atom. The molecule has 1 aromatic heterocycles. The van der Waals surface area contributed by atoms with Crippen molar-refractivity contribution in [2.75, 3.05) is 13.7 Å². The second kappa shape index (κ2) is 6.05. The van der Waals surface area contributed by atoms with Gasteiger partial charge in [-0.2, -0.15) is 4.98 Å². The van der Waals surface area contributed by atoms with Gasteiger partial charge >= 0.3 is 0 Å². The van der Waals surface area contributed by atoms with E-state index in [2.05, 4.69) is 17.1 Å². The van der Waals surface area contributed by atoms with Crippen molar-refractivity contribution in [1.29, 1.82) is 0 Å². The summed E-state index contributed by atoms with van der Waals surface area (Å²) >= 11 is 0. The third-order valence-corrected chi connectivity index (χ3v) is 3.74. The number of hydrogen-bond donors (Lipinski definition) is 1. The smallest absolute Gasteiger partial charge is 0.233 e. The van der Waals surface area contributed by atoms with Gasteiger partial charge in [0.05, 0.1) is 12.5 Å². The van der Waals surface area contributed by atoms with E-state index in [1.165, 1.54) is 0 Å². The SMILES string of the molecule is CCC(C)(CN)c1nc(Cc2ccc(OC)cc2)no1.